The number of rotatable bonds is 8. The standard InChI is InChI=1S/C18H25N2O3P/c1-14(2)22-24(21,23-15(3)4)18(16-9-8-12-19-13-16)20-17-10-6-5-7-11-17/h5-15,18,20H,1-4H3/t18-/m0/s1. The fourth-order valence-electron chi connectivity index (χ4n) is 2.31. The molecule has 0 radical (unpaired) electrons. The van der Waals surface area contributed by atoms with E-state index >= 15 is 0 Å². The average Bonchev–Trinajstić information content (AvgIpc) is 2.52. The van der Waals surface area contributed by atoms with Crippen LogP contribution in [0.1, 0.15) is 39.0 Å². The number of hydrogen-bond donors (Lipinski definition) is 1. The van der Waals surface area contributed by atoms with E-state index in [0.717, 1.165) is 11.3 Å². The number of pyridine rings is 1. The lowest BCUT2D eigenvalue weighted by atomic mass is 10.2. The minimum Gasteiger partial charge on any atom is -0.368 e. The summed E-state index contributed by atoms with van der Waals surface area (Å²) < 4.78 is 25.2. The predicted molar refractivity (Wildman–Crippen MR) is 97.1 cm³/mol. The van der Waals surface area contributed by atoms with E-state index < -0.39 is 13.4 Å². The van der Waals surface area contributed by atoms with Gasteiger partial charge in [0.05, 0.1) is 12.2 Å². The second-order valence-corrected chi connectivity index (χ2v) is 8.07. The molecule has 2 rings (SSSR count). The molecule has 0 unspecified atom stereocenters. The summed E-state index contributed by atoms with van der Waals surface area (Å²) in [6, 6.07) is 13.3. The largest absolute Gasteiger partial charge is 0.368 e. The summed E-state index contributed by atoms with van der Waals surface area (Å²) >= 11 is 0. The van der Waals surface area contributed by atoms with Crippen LogP contribution in [-0.4, -0.2) is 17.2 Å². The summed E-state index contributed by atoms with van der Waals surface area (Å²) in [5.74, 6) is -0.640. The van der Waals surface area contributed by atoms with Crippen molar-refractivity contribution in [1.29, 1.82) is 0 Å². The van der Waals surface area contributed by atoms with Crippen LogP contribution in [0.2, 0.25) is 0 Å². The molecule has 0 aliphatic rings. The number of hydrogen-bond acceptors (Lipinski definition) is 5. The number of anilines is 1. The molecule has 0 amide bonds. The molecule has 1 N–H and O–H groups in total. The van der Waals surface area contributed by atoms with Gasteiger partial charge in [-0.3, -0.25) is 9.55 Å². The Morgan fingerprint density at radius 1 is 0.958 bits per heavy atom. The zero-order valence-corrected chi connectivity index (χ0v) is 15.4. The lowest BCUT2D eigenvalue weighted by Crippen LogP contribution is -2.19. The van der Waals surface area contributed by atoms with E-state index in [1.165, 1.54) is 0 Å². The predicted octanol–water partition coefficient (Wildman–Crippen LogP) is 5.24. The zero-order chi connectivity index (χ0) is 17.6. The summed E-state index contributed by atoms with van der Waals surface area (Å²) in [5, 5.41) is 3.29. The highest BCUT2D eigenvalue weighted by atomic mass is 31.2. The molecule has 0 bridgehead atoms. The summed E-state index contributed by atoms with van der Waals surface area (Å²) in [4.78, 5) is 4.15. The van der Waals surface area contributed by atoms with Gasteiger partial charge in [-0.1, -0.05) is 24.3 Å². The van der Waals surface area contributed by atoms with Gasteiger partial charge in [0, 0.05) is 23.6 Å². The summed E-state index contributed by atoms with van der Waals surface area (Å²) in [5.41, 5.74) is 1.59. The fourth-order valence-corrected chi connectivity index (χ4v) is 4.60. The average molecular weight is 348 g/mol. The molecule has 0 spiro atoms. The third-order valence-corrected chi connectivity index (χ3v) is 5.60. The van der Waals surface area contributed by atoms with Gasteiger partial charge in [0.25, 0.3) is 0 Å². The van der Waals surface area contributed by atoms with Gasteiger partial charge >= 0.3 is 7.60 Å². The molecule has 0 saturated carbocycles. The summed E-state index contributed by atoms with van der Waals surface area (Å²) in [6.07, 6.45) is 2.90. The monoisotopic (exact) mass is 348 g/mol. The van der Waals surface area contributed by atoms with Crippen LogP contribution < -0.4 is 5.32 Å². The molecule has 0 fully saturated rings. The second kappa shape index (κ2) is 8.43. The van der Waals surface area contributed by atoms with Crippen LogP contribution in [0.25, 0.3) is 0 Å². The van der Waals surface area contributed by atoms with Crippen LogP contribution >= 0.6 is 7.60 Å². The number of nitrogens with one attached hydrogen (secondary N) is 1. The van der Waals surface area contributed by atoms with E-state index in [1.54, 1.807) is 12.4 Å². The Balaban J connectivity index is 2.43. The molecular formula is C18H25N2O3P. The summed E-state index contributed by atoms with van der Waals surface area (Å²) in [6.45, 7) is 7.39. The van der Waals surface area contributed by atoms with Crippen molar-refractivity contribution in [3.63, 3.8) is 0 Å². The van der Waals surface area contributed by atoms with Crippen LogP contribution in [0, 0.1) is 0 Å². The van der Waals surface area contributed by atoms with Crippen molar-refractivity contribution >= 4 is 13.3 Å². The molecule has 1 atom stereocenters. The lowest BCUT2D eigenvalue weighted by Gasteiger charge is -2.31. The van der Waals surface area contributed by atoms with Crippen molar-refractivity contribution in [1.82, 2.24) is 4.98 Å². The maximum Gasteiger partial charge on any atom is 0.357 e. The minimum atomic E-state index is -3.48. The Morgan fingerprint density at radius 3 is 2.08 bits per heavy atom. The SMILES string of the molecule is CC(C)OP(=O)(OC(C)C)[C@H](Nc1ccccc1)c1cccnc1. The van der Waals surface area contributed by atoms with Crippen molar-refractivity contribution in [2.45, 2.75) is 45.7 Å². The van der Waals surface area contributed by atoms with Gasteiger partial charge in [-0.05, 0) is 45.9 Å². The van der Waals surface area contributed by atoms with Crippen LogP contribution in [0.4, 0.5) is 5.69 Å². The third-order valence-electron chi connectivity index (χ3n) is 3.11. The maximum absolute atomic E-state index is 13.6. The topological polar surface area (TPSA) is 60.5 Å². The molecule has 0 aliphatic carbocycles. The second-order valence-electron chi connectivity index (χ2n) is 6.05. The van der Waals surface area contributed by atoms with Crippen LogP contribution in [0.5, 0.6) is 0 Å². The minimum absolute atomic E-state index is 0.230. The fraction of sp³-hybridized carbons (Fsp3) is 0.389. The lowest BCUT2D eigenvalue weighted by molar-refractivity contribution is 0.138. The van der Waals surface area contributed by atoms with E-state index in [4.69, 9.17) is 9.05 Å². The van der Waals surface area contributed by atoms with Gasteiger partial charge in [0.2, 0.25) is 0 Å². The Labute approximate surface area is 144 Å². The zero-order valence-electron chi connectivity index (χ0n) is 14.5. The first-order chi connectivity index (χ1) is 11.4. The molecule has 1 heterocycles. The third kappa shape index (κ3) is 5.17. The van der Waals surface area contributed by atoms with Crippen molar-refractivity contribution < 1.29 is 13.6 Å². The Morgan fingerprint density at radius 2 is 1.58 bits per heavy atom. The highest BCUT2D eigenvalue weighted by molar-refractivity contribution is 7.54. The van der Waals surface area contributed by atoms with Gasteiger partial charge in [0.15, 0.2) is 5.78 Å². The first kappa shape index (κ1) is 18.7. The number of para-hydroxylation sites is 1. The van der Waals surface area contributed by atoms with Gasteiger partial charge in [0.1, 0.15) is 0 Å². The van der Waals surface area contributed by atoms with E-state index in [2.05, 4.69) is 10.3 Å². The van der Waals surface area contributed by atoms with Crippen molar-refractivity contribution in [2.75, 3.05) is 5.32 Å². The maximum atomic E-state index is 13.6. The Hall–Kier alpha value is -1.68. The molecule has 2 aromatic rings. The van der Waals surface area contributed by atoms with E-state index in [1.807, 2.05) is 70.2 Å². The van der Waals surface area contributed by atoms with Crippen LogP contribution in [0.3, 0.4) is 0 Å². The van der Waals surface area contributed by atoms with Gasteiger partial charge in [-0.2, -0.15) is 0 Å². The summed E-state index contributed by atoms with van der Waals surface area (Å²) in [7, 11) is -3.48. The molecule has 0 aliphatic heterocycles. The van der Waals surface area contributed by atoms with E-state index in [9.17, 15) is 4.57 Å². The normalized spacial score (nSPS) is 13.2. The van der Waals surface area contributed by atoms with Crippen LogP contribution in [0.15, 0.2) is 54.9 Å². The van der Waals surface area contributed by atoms with Crippen molar-refractivity contribution in [2.24, 2.45) is 0 Å². The van der Waals surface area contributed by atoms with Crippen molar-refractivity contribution in [3.8, 4) is 0 Å². The quantitative estimate of drug-likeness (QED) is 0.662. The first-order valence-electron chi connectivity index (χ1n) is 8.09. The highest BCUT2D eigenvalue weighted by Gasteiger charge is 2.39. The molecule has 130 valence electrons. The first-order valence-corrected chi connectivity index (χ1v) is 9.70. The van der Waals surface area contributed by atoms with Gasteiger partial charge < -0.3 is 14.4 Å². The molecule has 1 aromatic heterocycles. The number of aromatic nitrogens is 1. The van der Waals surface area contributed by atoms with Gasteiger partial charge in [-0.15, -0.1) is 0 Å². The van der Waals surface area contributed by atoms with Crippen molar-refractivity contribution in [3.05, 3.63) is 60.4 Å². The number of benzene rings is 1. The molecule has 1 aromatic carbocycles. The Bertz CT molecular complexity index is 648. The van der Waals surface area contributed by atoms with Gasteiger partial charge in [-0.25, -0.2) is 0 Å². The van der Waals surface area contributed by atoms with E-state index in [0.29, 0.717) is 0 Å². The molecule has 0 saturated heterocycles. The molecule has 24 heavy (non-hydrogen) atoms. The molecular weight excluding hydrogens is 323 g/mol. The van der Waals surface area contributed by atoms with E-state index in [-0.39, 0.29) is 12.2 Å². The number of nitrogens with zero attached hydrogens (tertiary/aromatic N) is 1. The molecule has 6 heteroatoms. The van der Waals surface area contributed by atoms with Crippen LogP contribution in [-0.2, 0) is 13.6 Å². The Kier molecular flexibility index (Phi) is 6.55. The molecule has 5 nitrogen and oxygen atoms in total. The highest BCUT2D eigenvalue weighted by Crippen LogP contribution is 2.62. The smallest absolute Gasteiger partial charge is 0.357 e.